The smallest absolute Gasteiger partial charge is 0.254 e. The second-order valence-corrected chi connectivity index (χ2v) is 9.79. The molecule has 206 valence electrons. The molecule has 0 atom stereocenters. The minimum atomic E-state index is 0.0481. The number of fused-ring (bicyclic) bond motifs is 2. The lowest BCUT2D eigenvalue weighted by Crippen LogP contribution is -2.47. The summed E-state index contributed by atoms with van der Waals surface area (Å²) in [5.41, 5.74) is 10.8. The first-order chi connectivity index (χ1) is 18.9. The summed E-state index contributed by atoms with van der Waals surface area (Å²) in [5, 5.41) is 2.14. The Morgan fingerprint density at radius 2 is 1.51 bits per heavy atom. The van der Waals surface area contributed by atoms with E-state index in [4.69, 9.17) is 4.42 Å². The van der Waals surface area contributed by atoms with Crippen LogP contribution in [0.2, 0.25) is 0 Å². The molecule has 0 aromatic heterocycles. The lowest BCUT2D eigenvalue weighted by molar-refractivity contribution is -0.386. The molecule has 0 unspecified atom stereocenters. The van der Waals surface area contributed by atoms with E-state index in [-0.39, 0.29) is 5.91 Å². The van der Waals surface area contributed by atoms with Crippen molar-refractivity contribution >= 4 is 22.6 Å². The van der Waals surface area contributed by atoms with Gasteiger partial charge in [0.15, 0.2) is 0 Å². The Balaban J connectivity index is 2.13. The predicted octanol–water partition coefficient (Wildman–Crippen LogP) is 5.09. The van der Waals surface area contributed by atoms with Crippen LogP contribution in [-0.4, -0.2) is 50.1 Å². The van der Waals surface area contributed by atoms with Crippen LogP contribution in [0.3, 0.4) is 0 Å². The molecule has 0 saturated carbocycles. The van der Waals surface area contributed by atoms with Crippen LogP contribution in [0.4, 0.5) is 5.69 Å². The lowest BCUT2D eigenvalue weighted by Gasteiger charge is -2.24. The summed E-state index contributed by atoms with van der Waals surface area (Å²) in [5.74, 6) is 0.869. The van der Waals surface area contributed by atoms with Crippen molar-refractivity contribution in [3.63, 3.8) is 0 Å². The normalized spacial score (nSPS) is 11.3. The van der Waals surface area contributed by atoms with Crippen molar-refractivity contribution in [2.75, 3.05) is 44.2 Å². The van der Waals surface area contributed by atoms with Gasteiger partial charge in [-0.3, -0.25) is 4.79 Å². The number of nitrogens with zero attached hydrogens (tertiary/aromatic N) is 3. The number of carbonyl (C=O) groups excluding carboxylic acids is 1. The summed E-state index contributed by atoms with van der Waals surface area (Å²) in [6, 6.07) is 19.2. The van der Waals surface area contributed by atoms with Crippen LogP contribution in [0.1, 0.15) is 57.5 Å². The maximum atomic E-state index is 13.9. The molecule has 0 radical (unpaired) electrons. The Hall–Kier alpha value is -3.64. The first-order valence-corrected chi connectivity index (χ1v) is 14.5. The average Bonchev–Trinajstić information content (AvgIpc) is 2.97. The highest BCUT2D eigenvalue weighted by molar-refractivity contribution is 6.09. The summed E-state index contributed by atoms with van der Waals surface area (Å²) in [7, 11) is 0. The molecule has 39 heavy (non-hydrogen) atoms. The van der Waals surface area contributed by atoms with Crippen LogP contribution in [-0.2, 0) is 6.54 Å². The zero-order chi connectivity index (χ0) is 28.1. The van der Waals surface area contributed by atoms with Crippen molar-refractivity contribution in [1.29, 1.82) is 0 Å². The van der Waals surface area contributed by atoms with Gasteiger partial charge in [0.25, 0.3) is 5.91 Å². The number of anilines is 1. The molecular formula is C33H44N4O2+2. The second kappa shape index (κ2) is 12.5. The Morgan fingerprint density at radius 3 is 2.13 bits per heavy atom. The number of hydrogen-bond donors (Lipinski definition) is 1. The van der Waals surface area contributed by atoms with Crippen molar-refractivity contribution in [2.24, 2.45) is 0 Å². The number of carbonyl (C=O) groups is 1. The highest BCUT2D eigenvalue weighted by Gasteiger charge is 2.25. The molecule has 2 aromatic carbocycles. The fraction of sp³-hybridized carbons (Fsp3) is 0.394. The lowest BCUT2D eigenvalue weighted by atomic mass is 9.89. The molecule has 0 fully saturated rings. The van der Waals surface area contributed by atoms with E-state index in [1.54, 1.807) is 0 Å². The minimum absolute atomic E-state index is 0.0481. The van der Waals surface area contributed by atoms with Crippen molar-refractivity contribution in [3.8, 4) is 22.5 Å². The zero-order valence-corrected chi connectivity index (χ0v) is 24.5. The number of benzene rings is 3. The molecule has 3 N–H and O–H groups in total. The van der Waals surface area contributed by atoms with E-state index < -0.39 is 0 Å². The van der Waals surface area contributed by atoms with E-state index in [2.05, 4.69) is 91.4 Å². The third-order valence-corrected chi connectivity index (χ3v) is 7.87. The molecule has 4 rings (SSSR count). The fourth-order valence-electron chi connectivity index (χ4n) is 5.55. The highest BCUT2D eigenvalue weighted by atomic mass is 16.3. The van der Waals surface area contributed by atoms with Crippen LogP contribution < -0.4 is 20.6 Å². The van der Waals surface area contributed by atoms with Crippen LogP contribution in [0.25, 0.3) is 33.4 Å². The molecule has 1 amide bonds. The molecular weight excluding hydrogens is 484 g/mol. The maximum absolute atomic E-state index is 13.9. The van der Waals surface area contributed by atoms with Gasteiger partial charge >= 0.3 is 0 Å². The van der Waals surface area contributed by atoms with E-state index in [1.807, 2.05) is 24.8 Å². The summed E-state index contributed by atoms with van der Waals surface area (Å²) in [6.45, 7) is 18.4. The van der Waals surface area contributed by atoms with E-state index in [0.717, 1.165) is 76.2 Å². The van der Waals surface area contributed by atoms with Crippen LogP contribution in [0, 0.1) is 0 Å². The molecule has 1 aliphatic carbocycles. The predicted molar refractivity (Wildman–Crippen MR) is 162 cm³/mol. The molecule has 0 saturated heterocycles. The Morgan fingerprint density at radius 1 is 0.821 bits per heavy atom. The van der Waals surface area contributed by atoms with Crippen LogP contribution in [0.5, 0.6) is 0 Å². The fourth-order valence-corrected chi connectivity index (χ4v) is 5.55. The Labute approximate surface area is 232 Å². The highest BCUT2D eigenvalue weighted by Crippen LogP contribution is 2.42. The molecule has 2 aromatic rings. The number of amides is 1. The number of quaternary nitrogens is 1. The van der Waals surface area contributed by atoms with Gasteiger partial charge in [-0.1, -0.05) is 12.1 Å². The topological polar surface area (TPSA) is 67.3 Å². The number of rotatable bonds is 10. The molecule has 0 spiro atoms. The van der Waals surface area contributed by atoms with E-state index in [9.17, 15) is 4.79 Å². The van der Waals surface area contributed by atoms with Gasteiger partial charge in [-0.05, 0) is 71.4 Å². The van der Waals surface area contributed by atoms with Gasteiger partial charge < -0.3 is 20.0 Å². The first-order valence-electron chi connectivity index (χ1n) is 14.5. The Bertz CT molecular complexity index is 1490. The van der Waals surface area contributed by atoms with Gasteiger partial charge in [0, 0.05) is 71.6 Å². The van der Waals surface area contributed by atoms with Crippen molar-refractivity contribution in [3.05, 3.63) is 71.1 Å². The molecule has 0 bridgehead atoms. The SMILES string of the molecule is CCN(CC)C(=O)c1cc(C[NH3+])ccc1-c1c2ccc(=[N+](CC)CC)cc-2oc2cc(N(CC)CC)ccc12. The Kier molecular flexibility index (Phi) is 9.08. The quantitative estimate of drug-likeness (QED) is 0.230. The van der Waals surface area contributed by atoms with Crippen LogP contribution >= 0.6 is 0 Å². The van der Waals surface area contributed by atoms with Crippen molar-refractivity contribution in [1.82, 2.24) is 9.48 Å². The van der Waals surface area contributed by atoms with Crippen LogP contribution in [0.15, 0.2) is 59.0 Å². The molecule has 2 aliphatic rings. The summed E-state index contributed by atoms with van der Waals surface area (Å²) in [4.78, 5) is 18.1. The van der Waals surface area contributed by atoms with Crippen molar-refractivity contribution in [2.45, 2.75) is 48.1 Å². The van der Waals surface area contributed by atoms with E-state index >= 15 is 0 Å². The number of hydrogen-bond acceptors (Lipinski definition) is 3. The van der Waals surface area contributed by atoms with E-state index in [0.29, 0.717) is 25.2 Å². The molecule has 6 nitrogen and oxygen atoms in total. The van der Waals surface area contributed by atoms with E-state index in [1.165, 1.54) is 0 Å². The molecule has 1 heterocycles. The summed E-state index contributed by atoms with van der Waals surface area (Å²) < 4.78 is 8.97. The third kappa shape index (κ3) is 5.44. The summed E-state index contributed by atoms with van der Waals surface area (Å²) in [6.07, 6.45) is 0. The minimum Gasteiger partial charge on any atom is -0.456 e. The van der Waals surface area contributed by atoms with Gasteiger partial charge in [-0.15, -0.1) is 0 Å². The van der Waals surface area contributed by atoms with Gasteiger partial charge in [-0.2, -0.15) is 0 Å². The van der Waals surface area contributed by atoms with Gasteiger partial charge in [0.2, 0.25) is 5.36 Å². The average molecular weight is 529 g/mol. The second-order valence-electron chi connectivity index (χ2n) is 9.79. The molecule has 1 aliphatic heterocycles. The molecule has 6 heteroatoms. The third-order valence-electron chi connectivity index (χ3n) is 7.87. The standard InChI is InChI=1S/C33H43N4O2/c1-7-35(8-2)24-14-17-27-30(20-24)39-31-21-25(36(9-3)10-4)15-18-28(31)32(27)26-16-13-23(22-34)19-29(26)33(38)37(11-5)12-6/h13-21H,7-12,22,34H2,1-6H3/q+1/p+1. The summed E-state index contributed by atoms with van der Waals surface area (Å²) >= 11 is 0. The van der Waals surface area contributed by atoms with Gasteiger partial charge in [0.05, 0.1) is 12.6 Å². The monoisotopic (exact) mass is 528 g/mol. The largest absolute Gasteiger partial charge is 0.456 e. The van der Waals surface area contributed by atoms with Gasteiger partial charge in [0.1, 0.15) is 24.4 Å². The first kappa shape index (κ1) is 28.4. The zero-order valence-electron chi connectivity index (χ0n) is 24.5. The maximum Gasteiger partial charge on any atom is 0.254 e. The van der Waals surface area contributed by atoms with Crippen molar-refractivity contribution < 1.29 is 14.9 Å². The van der Waals surface area contributed by atoms with Gasteiger partial charge in [-0.25, -0.2) is 4.58 Å².